The monoisotopic (exact) mass is 366 g/mol. The summed E-state index contributed by atoms with van der Waals surface area (Å²) in [6, 6.07) is 5.62. The molecule has 0 atom stereocenters. The first-order chi connectivity index (χ1) is 12.7. The summed E-state index contributed by atoms with van der Waals surface area (Å²) in [5, 5.41) is 17.8. The van der Waals surface area contributed by atoms with E-state index in [9.17, 15) is 0 Å². The fourth-order valence-electron chi connectivity index (χ4n) is 2.94. The Morgan fingerprint density at radius 1 is 1.35 bits per heavy atom. The van der Waals surface area contributed by atoms with Crippen LogP contribution >= 0.6 is 11.6 Å². The Balaban J connectivity index is 1.72. The van der Waals surface area contributed by atoms with Gasteiger partial charge in [0.05, 0.1) is 16.1 Å². The van der Waals surface area contributed by atoms with Gasteiger partial charge in [-0.05, 0) is 24.6 Å². The molecule has 0 unspecified atom stereocenters. The normalized spacial score (nSPS) is 13.8. The van der Waals surface area contributed by atoms with E-state index in [1.54, 1.807) is 6.07 Å². The highest BCUT2D eigenvalue weighted by Crippen LogP contribution is 2.28. The summed E-state index contributed by atoms with van der Waals surface area (Å²) >= 11 is 6.32. The van der Waals surface area contributed by atoms with E-state index in [0.29, 0.717) is 46.6 Å². The highest BCUT2D eigenvalue weighted by molar-refractivity contribution is 6.36. The standard InChI is InChI=1S/C18H15ClN6O/c1-2-14-22-17-13(7-6-11(9-20)16(17)19)25(14)10-15-23-24-18(26-15)12-5-3-4-8-21-12/h3,5-7H,2,4,8,10H2,1H3. The molecule has 0 amide bonds. The molecule has 4 rings (SSSR count). The Labute approximate surface area is 154 Å². The van der Waals surface area contributed by atoms with Crippen molar-refractivity contribution in [3.63, 3.8) is 0 Å². The topological polar surface area (TPSA) is 92.9 Å². The smallest absolute Gasteiger partial charge is 0.265 e. The number of nitriles is 1. The molecule has 0 bridgehead atoms. The second kappa shape index (κ2) is 6.73. The van der Waals surface area contributed by atoms with E-state index in [0.717, 1.165) is 24.3 Å². The van der Waals surface area contributed by atoms with Crippen molar-refractivity contribution in [3.8, 4) is 6.07 Å². The van der Waals surface area contributed by atoms with Gasteiger partial charge in [-0.15, -0.1) is 10.2 Å². The van der Waals surface area contributed by atoms with E-state index >= 15 is 0 Å². The van der Waals surface area contributed by atoms with Crippen LogP contribution in [-0.4, -0.2) is 32.0 Å². The molecule has 1 aliphatic heterocycles. The molecule has 0 spiro atoms. The number of dihydropyridines is 1. The van der Waals surface area contributed by atoms with Crippen molar-refractivity contribution in [1.29, 1.82) is 5.26 Å². The Hall–Kier alpha value is -2.98. The maximum absolute atomic E-state index is 9.15. The lowest BCUT2D eigenvalue weighted by atomic mass is 10.2. The molecule has 7 nitrogen and oxygen atoms in total. The zero-order chi connectivity index (χ0) is 18.1. The quantitative estimate of drug-likeness (QED) is 0.706. The number of fused-ring (bicyclic) bond motifs is 1. The van der Waals surface area contributed by atoms with Gasteiger partial charge < -0.3 is 8.98 Å². The van der Waals surface area contributed by atoms with Gasteiger partial charge in [-0.25, -0.2) is 4.98 Å². The number of nitrogens with zero attached hydrogens (tertiary/aromatic N) is 6. The largest absolute Gasteiger partial charge is 0.417 e. The molecular weight excluding hydrogens is 352 g/mol. The summed E-state index contributed by atoms with van der Waals surface area (Å²) in [7, 11) is 0. The summed E-state index contributed by atoms with van der Waals surface area (Å²) in [6.07, 6.45) is 5.58. The first kappa shape index (κ1) is 16.5. The molecular formula is C18H15ClN6O. The molecule has 0 aliphatic carbocycles. The van der Waals surface area contributed by atoms with Crippen LogP contribution in [0.5, 0.6) is 0 Å². The SMILES string of the molecule is CCc1nc2c(Cl)c(C#N)ccc2n1Cc1nnc(C2=NCCC=C2)o1. The fraction of sp³-hybridized carbons (Fsp3) is 0.278. The number of halogens is 1. The van der Waals surface area contributed by atoms with Gasteiger partial charge in [0.2, 0.25) is 5.89 Å². The van der Waals surface area contributed by atoms with Gasteiger partial charge in [-0.3, -0.25) is 4.99 Å². The Morgan fingerprint density at radius 3 is 2.96 bits per heavy atom. The number of aromatic nitrogens is 4. The second-order valence-corrected chi connectivity index (χ2v) is 6.21. The van der Waals surface area contributed by atoms with E-state index in [4.69, 9.17) is 21.3 Å². The number of hydrogen-bond donors (Lipinski definition) is 0. The molecule has 0 saturated heterocycles. The number of hydrogen-bond acceptors (Lipinski definition) is 6. The van der Waals surface area contributed by atoms with Gasteiger partial charge >= 0.3 is 0 Å². The van der Waals surface area contributed by atoms with Crippen molar-refractivity contribution in [2.45, 2.75) is 26.3 Å². The van der Waals surface area contributed by atoms with Gasteiger partial charge in [0, 0.05) is 13.0 Å². The third-order valence-corrected chi connectivity index (χ3v) is 4.59. The molecule has 3 heterocycles. The highest BCUT2D eigenvalue weighted by atomic mass is 35.5. The molecule has 0 N–H and O–H groups in total. The first-order valence-electron chi connectivity index (χ1n) is 8.32. The maximum Gasteiger partial charge on any atom is 0.265 e. The van der Waals surface area contributed by atoms with Crippen molar-refractivity contribution in [3.05, 3.63) is 52.5 Å². The molecule has 0 radical (unpaired) electrons. The van der Waals surface area contributed by atoms with Gasteiger partial charge in [0.1, 0.15) is 29.7 Å². The molecule has 26 heavy (non-hydrogen) atoms. The fourth-order valence-corrected chi connectivity index (χ4v) is 3.19. The number of allylic oxidation sites excluding steroid dienone is 1. The second-order valence-electron chi connectivity index (χ2n) is 5.83. The third-order valence-electron chi connectivity index (χ3n) is 4.21. The van der Waals surface area contributed by atoms with E-state index in [1.165, 1.54) is 0 Å². The summed E-state index contributed by atoms with van der Waals surface area (Å²) in [5.74, 6) is 1.73. The Morgan fingerprint density at radius 2 is 2.23 bits per heavy atom. The van der Waals surface area contributed by atoms with Crippen molar-refractivity contribution < 1.29 is 4.42 Å². The first-order valence-corrected chi connectivity index (χ1v) is 8.70. The number of aryl methyl sites for hydroxylation is 1. The Bertz CT molecular complexity index is 1090. The number of aliphatic imine (C=N–C) groups is 1. The predicted octanol–water partition coefficient (Wildman–Crippen LogP) is 3.30. The highest BCUT2D eigenvalue weighted by Gasteiger charge is 2.18. The lowest BCUT2D eigenvalue weighted by molar-refractivity contribution is 0.470. The number of rotatable bonds is 4. The van der Waals surface area contributed by atoms with Gasteiger partial charge in [-0.2, -0.15) is 5.26 Å². The van der Waals surface area contributed by atoms with Crippen molar-refractivity contribution in [2.75, 3.05) is 6.54 Å². The van der Waals surface area contributed by atoms with Gasteiger partial charge in [0.25, 0.3) is 5.89 Å². The summed E-state index contributed by atoms with van der Waals surface area (Å²) < 4.78 is 7.77. The molecule has 0 saturated carbocycles. The lowest BCUT2D eigenvalue weighted by Crippen LogP contribution is -2.05. The maximum atomic E-state index is 9.15. The molecule has 1 aliphatic rings. The average Bonchev–Trinajstić information content (AvgIpc) is 3.29. The van der Waals surface area contributed by atoms with Crippen LogP contribution in [0, 0.1) is 11.3 Å². The molecule has 2 aromatic heterocycles. The zero-order valence-corrected chi connectivity index (χ0v) is 14.9. The minimum Gasteiger partial charge on any atom is -0.417 e. The van der Waals surface area contributed by atoms with Crippen LogP contribution in [0.1, 0.15) is 36.5 Å². The predicted molar refractivity (Wildman–Crippen MR) is 97.4 cm³/mol. The van der Waals surface area contributed by atoms with Crippen LogP contribution < -0.4 is 0 Å². The van der Waals surface area contributed by atoms with E-state index in [1.807, 2.05) is 29.7 Å². The van der Waals surface area contributed by atoms with E-state index in [-0.39, 0.29) is 0 Å². The van der Waals surface area contributed by atoms with Crippen LogP contribution in [0.25, 0.3) is 11.0 Å². The van der Waals surface area contributed by atoms with Gasteiger partial charge in [-0.1, -0.05) is 24.6 Å². The van der Waals surface area contributed by atoms with Crippen molar-refractivity contribution >= 4 is 28.3 Å². The zero-order valence-electron chi connectivity index (χ0n) is 14.1. The van der Waals surface area contributed by atoms with Crippen molar-refractivity contribution in [1.82, 2.24) is 19.7 Å². The molecule has 130 valence electrons. The Kier molecular flexibility index (Phi) is 4.27. The molecule has 1 aromatic carbocycles. The van der Waals surface area contributed by atoms with Crippen LogP contribution in [0.4, 0.5) is 0 Å². The molecule has 3 aromatic rings. The van der Waals surface area contributed by atoms with Gasteiger partial charge in [0.15, 0.2) is 0 Å². The lowest BCUT2D eigenvalue weighted by Gasteiger charge is -2.05. The minimum atomic E-state index is 0.367. The van der Waals surface area contributed by atoms with Crippen LogP contribution in [0.2, 0.25) is 5.02 Å². The summed E-state index contributed by atoms with van der Waals surface area (Å²) in [6.45, 7) is 3.12. The molecule has 0 fully saturated rings. The number of benzene rings is 1. The third kappa shape index (κ3) is 2.78. The van der Waals surface area contributed by atoms with Crippen LogP contribution in [0.15, 0.2) is 33.7 Å². The van der Waals surface area contributed by atoms with E-state index in [2.05, 4.69) is 26.2 Å². The van der Waals surface area contributed by atoms with Crippen molar-refractivity contribution in [2.24, 2.45) is 4.99 Å². The van der Waals surface area contributed by atoms with Crippen LogP contribution in [-0.2, 0) is 13.0 Å². The summed E-state index contributed by atoms with van der Waals surface area (Å²) in [4.78, 5) is 8.98. The molecule has 8 heteroatoms. The van der Waals surface area contributed by atoms with E-state index < -0.39 is 0 Å². The van der Waals surface area contributed by atoms with Crippen LogP contribution in [0.3, 0.4) is 0 Å². The summed E-state index contributed by atoms with van der Waals surface area (Å²) in [5.41, 5.74) is 2.57. The minimum absolute atomic E-state index is 0.367. The number of imidazole rings is 1. The average molecular weight is 367 g/mol.